The molecule has 2 aromatic rings. The lowest BCUT2D eigenvalue weighted by Crippen LogP contribution is -2.61. The maximum Gasteiger partial charge on any atom is 0.226 e. The van der Waals surface area contributed by atoms with E-state index in [1.807, 2.05) is 31.5 Å². The highest BCUT2D eigenvalue weighted by molar-refractivity contribution is 5.83. The molecule has 2 atom stereocenters. The first-order valence-corrected chi connectivity index (χ1v) is 9.63. The average Bonchev–Trinajstić information content (AvgIpc) is 3.14. The van der Waals surface area contributed by atoms with Crippen molar-refractivity contribution in [2.45, 2.75) is 57.5 Å². The van der Waals surface area contributed by atoms with Crippen LogP contribution in [0.2, 0.25) is 0 Å². The lowest BCUT2D eigenvalue weighted by Gasteiger charge is -2.60. The van der Waals surface area contributed by atoms with E-state index in [1.165, 1.54) is 6.42 Å². The van der Waals surface area contributed by atoms with Crippen LogP contribution in [0.5, 0.6) is 0 Å². The molecule has 4 aliphatic carbocycles. The first kappa shape index (κ1) is 16.0. The van der Waals surface area contributed by atoms with Crippen LogP contribution < -0.4 is 5.32 Å². The molecule has 6 heteroatoms. The summed E-state index contributed by atoms with van der Waals surface area (Å²) in [6.45, 7) is 2.49. The van der Waals surface area contributed by atoms with Gasteiger partial charge in [-0.1, -0.05) is 6.07 Å². The Kier molecular flexibility index (Phi) is 3.46. The second-order valence-corrected chi connectivity index (χ2v) is 8.76. The molecule has 0 spiro atoms. The van der Waals surface area contributed by atoms with Crippen molar-refractivity contribution >= 4 is 5.91 Å². The number of pyridine rings is 1. The molecule has 2 unspecified atom stereocenters. The van der Waals surface area contributed by atoms with Gasteiger partial charge in [-0.2, -0.15) is 5.10 Å². The van der Waals surface area contributed by atoms with E-state index in [2.05, 4.69) is 25.1 Å². The lowest BCUT2D eigenvalue weighted by atomic mass is 9.46. The molecule has 1 amide bonds. The van der Waals surface area contributed by atoms with Gasteiger partial charge in [-0.25, -0.2) is 9.67 Å². The number of aryl methyl sites for hydroxylation is 1. The van der Waals surface area contributed by atoms with Crippen molar-refractivity contribution in [2.24, 2.45) is 17.3 Å². The number of nitrogens with zero attached hydrogens (tertiary/aromatic N) is 4. The number of hydrogen-bond acceptors (Lipinski definition) is 4. The van der Waals surface area contributed by atoms with Crippen LogP contribution in [0.25, 0.3) is 0 Å². The predicted octanol–water partition coefficient (Wildman–Crippen LogP) is 2.59. The summed E-state index contributed by atoms with van der Waals surface area (Å²) < 4.78 is 2.05. The Labute approximate surface area is 153 Å². The Balaban J connectivity index is 1.39. The molecular formula is C20H25N5O. The van der Waals surface area contributed by atoms with Crippen molar-refractivity contribution in [1.82, 2.24) is 25.1 Å². The molecule has 4 aliphatic rings. The van der Waals surface area contributed by atoms with Crippen LogP contribution in [-0.2, 0) is 16.9 Å². The van der Waals surface area contributed by atoms with Gasteiger partial charge >= 0.3 is 0 Å². The van der Waals surface area contributed by atoms with Crippen LogP contribution in [0, 0.1) is 24.2 Å². The first-order chi connectivity index (χ1) is 12.6. The van der Waals surface area contributed by atoms with Gasteiger partial charge in [-0.15, -0.1) is 0 Å². The van der Waals surface area contributed by atoms with Crippen molar-refractivity contribution in [3.8, 4) is 0 Å². The van der Waals surface area contributed by atoms with E-state index in [9.17, 15) is 4.79 Å². The number of amides is 1. The maximum absolute atomic E-state index is 13.3. The van der Waals surface area contributed by atoms with Crippen molar-refractivity contribution in [2.75, 3.05) is 0 Å². The van der Waals surface area contributed by atoms with Gasteiger partial charge in [0.15, 0.2) is 0 Å². The maximum atomic E-state index is 13.3. The van der Waals surface area contributed by atoms with Gasteiger partial charge in [0, 0.05) is 5.69 Å². The lowest BCUT2D eigenvalue weighted by molar-refractivity contribution is -0.156. The molecule has 6 rings (SSSR count). The number of hydrogen-bond donors (Lipinski definition) is 1. The highest BCUT2D eigenvalue weighted by atomic mass is 16.2. The highest BCUT2D eigenvalue weighted by Gasteiger charge is 2.61. The van der Waals surface area contributed by atoms with E-state index in [1.54, 1.807) is 6.33 Å². The predicted molar refractivity (Wildman–Crippen MR) is 95.9 cm³/mol. The van der Waals surface area contributed by atoms with Crippen LogP contribution in [-0.4, -0.2) is 25.7 Å². The fraction of sp³-hybridized carbons (Fsp3) is 0.600. The summed E-state index contributed by atoms with van der Waals surface area (Å²) in [5.74, 6) is 1.46. The fourth-order valence-corrected chi connectivity index (χ4v) is 6.26. The number of nitrogens with one attached hydrogen (secondary N) is 1. The quantitative estimate of drug-likeness (QED) is 0.919. The third-order valence-electron chi connectivity index (χ3n) is 6.79. The molecule has 1 N–H and O–H groups in total. The average molecular weight is 351 g/mol. The van der Waals surface area contributed by atoms with Crippen molar-refractivity contribution in [3.05, 3.63) is 42.2 Å². The summed E-state index contributed by atoms with van der Waals surface area (Å²) in [5, 5.41) is 7.66. The van der Waals surface area contributed by atoms with E-state index in [0.29, 0.717) is 18.4 Å². The standard InChI is InChI=1S/C20H25N5O/c1-14-3-2-4-17(24-14)10-22-18(26)19-6-15-5-16(7-19)9-20(8-15,11-19)25-13-21-12-23-25/h2-4,12-13,15-16H,5-11H2,1H3,(H,22,26). The topological polar surface area (TPSA) is 72.7 Å². The van der Waals surface area contributed by atoms with Gasteiger partial charge < -0.3 is 5.32 Å². The minimum atomic E-state index is -0.250. The molecule has 4 bridgehead atoms. The first-order valence-electron chi connectivity index (χ1n) is 9.63. The summed E-state index contributed by atoms with van der Waals surface area (Å²) in [6.07, 6.45) is 9.95. The summed E-state index contributed by atoms with van der Waals surface area (Å²) in [6, 6.07) is 5.95. The molecule has 4 fully saturated rings. The Morgan fingerprint density at radius 3 is 2.77 bits per heavy atom. The molecule has 4 saturated carbocycles. The van der Waals surface area contributed by atoms with E-state index in [-0.39, 0.29) is 16.9 Å². The number of carbonyl (C=O) groups excluding carboxylic acids is 1. The van der Waals surface area contributed by atoms with Crippen LogP contribution in [0.3, 0.4) is 0 Å². The molecule has 0 saturated heterocycles. The van der Waals surface area contributed by atoms with Crippen molar-refractivity contribution in [1.29, 1.82) is 0 Å². The molecule has 2 heterocycles. The summed E-state index contributed by atoms with van der Waals surface area (Å²) >= 11 is 0. The van der Waals surface area contributed by atoms with Gasteiger partial charge in [-0.05, 0) is 69.4 Å². The van der Waals surface area contributed by atoms with E-state index in [0.717, 1.165) is 43.5 Å². The zero-order valence-electron chi connectivity index (χ0n) is 15.2. The minimum Gasteiger partial charge on any atom is -0.350 e. The summed E-state index contributed by atoms with van der Waals surface area (Å²) in [7, 11) is 0. The van der Waals surface area contributed by atoms with Gasteiger partial charge in [-0.3, -0.25) is 9.78 Å². The third-order valence-corrected chi connectivity index (χ3v) is 6.79. The Morgan fingerprint density at radius 2 is 2.08 bits per heavy atom. The largest absolute Gasteiger partial charge is 0.350 e. The molecular weight excluding hydrogens is 326 g/mol. The van der Waals surface area contributed by atoms with E-state index < -0.39 is 0 Å². The van der Waals surface area contributed by atoms with E-state index in [4.69, 9.17) is 0 Å². The second-order valence-electron chi connectivity index (χ2n) is 8.76. The fourth-order valence-electron chi connectivity index (χ4n) is 6.26. The van der Waals surface area contributed by atoms with Gasteiger partial charge in [0.25, 0.3) is 0 Å². The Hall–Kier alpha value is -2.24. The zero-order valence-corrected chi connectivity index (χ0v) is 15.2. The van der Waals surface area contributed by atoms with Crippen molar-refractivity contribution in [3.63, 3.8) is 0 Å². The number of rotatable bonds is 4. The van der Waals surface area contributed by atoms with E-state index >= 15 is 0 Å². The summed E-state index contributed by atoms with van der Waals surface area (Å²) in [4.78, 5) is 22.0. The third kappa shape index (κ3) is 2.46. The number of carbonyl (C=O) groups is 1. The molecule has 6 nitrogen and oxygen atoms in total. The van der Waals surface area contributed by atoms with Gasteiger partial charge in [0.1, 0.15) is 12.7 Å². The Bertz CT molecular complexity index is 816. The molecule has 0 radical (unpaired) electrons. The Morgan fingerprint density at radius 1 is 1.27 bits per heavy atom. The minimum absolute atomic E-state index is 0.0144. The number of aromatic nitrogens is 4. The van der Waals surface area contributed by atoms with Crippen LogP contribution in [0.15, 0.2) is 30.9 Å². The summed E-state index contributed by atoms with van der Waals surface area (Å²) in [5.41, 5.74) is 1.64. The van der Waals surface area contributed by atoms with Crippen molar-refractivity contribution < 1.29 is 4.79 Å². The van der Waals surface area contributed by atoms with Crippen LogP contribution in [0.4, 0.5) is 0 Å². The molecule has 136 valence electrons. The molecule has 26 heavy (non-hydrogen) atoms. The van der Waals surface area contributed by atoms with Crippen LogP contribution >= 0.6 is 0 Å². The molecule has 0 aromatic carbocycles. The highest BCUT2D eigenvalue weighted by Crippen LogP contribution is 2.64. The second kappa shape index (κ2) is 5.63. The normalized spacial score (nSPS) is 34.8. The van der Waals surface area contributed by atoms with Crippen LogP contribution in [0.1, 0.15) is 49.9 Å². The van der Waals surface area contributed by atoms with Gasteiger partial charge in [0.05, 0.1) is 23.2 Å². The zero-order chi connectivity index (χ0) is 17.8. The monoisotopic (exact) mass is 351 g/mol. The SMILES string of the molecule is Cc1cccc(CNC(=O)C23CC4CC(C2)CC(n2cncn2)(C4)C3)n1. The molecule has 0 aliphatic heterocycles. The smallest absolute Gasteiger partial charge is 0.226 e. The molecule has 2 aromatic heterocycles. The van der Waals surface area contributed by atoms with Gasteiger partial charge in [0.2, 0.25) is 5.91 Å².